The van der Waals surface area contributed by atoms with E-state index in [4.69, 9.17) is 10.2 Å². The molecule has 0 atom stereocenters. The van der Waals surface area contributed by atoms with Crippen LogP contribution >= 0.6 is 0 Å². The monoisotopic (exact) mass is 325 g/mol. The number of carbonyl (C=O) groups excluding carboxylic acids is 1. The molecule has 8 heteroatoms. The quantitative estimate of drug-likeness (QED) is 0.665. The Hall–Kier alpha value is -3.42. The number of aryl methyl sites for hydroxylation is 1. The van der Waals surface area contributed by atoms with Crippen molar-refractivity contribution >= 4 is 11.7 Å². The second-order valence-corrected chi connectivity index (χ2v) is 5.04. The predicted octanol–water partition coefficient (Wildman–Crippen LogP) is 1.66. The van der Waals surface area contributed by atoms with Crippen molar-refractivity contribution in [2.24, 2.45) is 0 Å². The molecule has 2 aromatic heterocycles. The largest absolute Gasteiger partial charge is 0.508 e. The van der Waals surface area contributed by atoms with Crippen LogP contribution in [0.25, 0.3) is 11.6 Å². The van der Waals surface area contributed by atoms with Crippen LogP contribution in [0.3, 0.4) is 0 Å². The summed E-state index contributed by atoms with van der Waals surface area (Å²) >= 11 is 0. The van der Waals surface area contributed by atoms with Gasteiger partial charge in [0.2, 0.25) is 5.89 Å². The molecule has 2 heterocycles. The summed E-state index contributed by atoms with van der Waals surface area (Å²) in [5.41, 5.74) is 7.30. The van der Waals surface area contributed by atoms with Gasteiger partial charge in [-0.05, 0) is 13.0 Å². The van der Waals surface area contributed by atoms with Crippen LogP contribution in [0.4, 0.5) is 5.82 Å². The number of carbonyl (C=O) groups is 1. The molecule has 8 nitrogen and oxygen atoms in total. The molecule has 0 radical (unpaired) electrons. The number of rotatable bonds is 4. The Balaban J connectivity index is 1.80. The smallest absolute Gasteiger partial charge is 0.274 e. The number of aromatic hydroxyl groups is 1. The van der Waals surface area contributed by atoms with Crippen LogP contribution in [0, 0.1) is 6.92 Å². The zero-order valence-electron chi connectivity index (χ0n) is 12.9. The molecule has 3 rings (SSSR count). The van der Waals surface area contributed by atoms with Crippen molar-refractivity contribution in [3.8, 4) is 17.3 Å². The van der Waals surface area contributed by atoms with Crippen LogP contribution in [0.1, 0.15) is 21.7 Å². The Morgan fingerprint density at radius 3 is 2.83 bits per heavy atom. The highest BCUT2D eigenvalue weighted by atomic mass is 16.3. The van der Waals surface area contributed by atoms with Gasteiger partial charge in [0.1, 0.15) is 17.7 Å². The lowest BCUT2D eigenvalue weighted by Crippen LogP contribution is -2.26. The number of nitrogens with two attached hydrogens (primary N) is 1. The van der Waals surface area contributed by atoms with Gasteiger partial charge >= 0.3 is 0 Å². The molecule has 0 aliphatic rings. The third-order valence-electron chi connectivity index (χ3n) is 3.38. The fourth-order valence-electron chi connectivity index (χ4n) is 2.16. The summed E-state index contributed by atoms with van der Waals surface area (Å²) in [7, 11) is 0. The van der Waals surface area contributed by atoms with Crippen molar-refractivity contribution in [2.75, 3.05) is 5.73 Å². The molecule has 0 saturated carbocycles. The van der Waals surface area contributed by atoms with Crippen molar-refractivity contribution in [1.29, 1.82) is 0 Å². The van der Waals surface area contributed by atoms with Crippen LogP contribution in [-0.4, -0.2) is 26.0 Å². The Bertz CT molecular complexity index is 877. The molecule has 0 bridgehead atoms. The van der Waals surface area contributed by atoms with Gasteiger partial charge in [-0.25, -0.2) is 15.0 Å². The summed E-state index contributed by atoms with van der Waals surface area (Å²) < 4.78 is 5.18. The summed E-state index contributed by atoms with van der Waals surface area (Å²) in [4.78, 5) is 24.6. The highest BCUT2D eigenvalue weighted by Crippen LogP contribution is 2.21. The molecule has 4 N–H and O–H groups in total. The maximum atomic E-state index is 12.3. The summed E-state index contributed by atoms with van der Waals surface area (Å²) in [6, 6.07) is 6.73. The number of nitrogen functional groups attached to an aromatic ring is 1. The molecule has 0 aliphatic carbocycles. The molecule has 0 unspecified atom stereocenters. The average molecular weight is 325 g/mol. The lowest BCUT2D eigenvalue weighted by atomic mass is 10.2. The molecule has 0 spiro atoms. The minimum Gasteiger partial charge on any atom is -0.508 e. The number of hydrogen-bond donors (Lipinski definition) is 3. The third-order valence-corrected chi connectivity index (χ3v) is 3.38. The van der Waals surface area contributed by atoms with E-state index in [2.05, 4.69) is 20.3 Å². The highest BCUT2D eigenvalue weighted by Gasteiger charge is 2.18. The minimum atomic E-state index is -0.481. The molecule has 0 aliphatic heterocycles. The molecular formula is C16H15N5O3. The van der Waals surface area contributed by atoms with Gasteiger partial charge in [0.05, 0.1) is 11.9 Å². The van der Waals surface area contributed by atoms with Crippen molar-refractivity contribution in [2.45, 2.75) is 13.5 Å². The van der Waals surface area contributed by atoms with Crippen LogP contribution in [-0.2, 0) is 6.54 Å². The van der Waals surface area contributed by atoms with Gasteiger partial charge in [-0.2, -0.15) is 0 Å². The summed E-state index contributed by atoms with van der Waals surface area (Å²) in [5.74, 6) is -0.117. The minimum absolute atomic E-state index is 0.0122. The number of aromatic nitrogens is 3. The van der Waals surface area contributed by atoms with Crippen molar-refractivity contribution < 1.29 is 14.3 Å². The normalized spacial score (nSPS) is 10.5. The molecule has 0 fully saturated rings. The van der Waals surface area contributed by atoms with E-state index >= 15 is 0 Å². The van der Waals surface area contributed by atoms with Gasteiger partial charge in [0.15, 0.2) is 11.5 Å². The van der Waals surface area contributed by atoms with Crippen LogP contribution < -0.4 is 11.1 Å². The molecular weight excluding hydrogens is 310 g/mol. The number of hydrogen-bond acceptors (Lipinski definition) is 7. The van der Waals surface area contributed by atoms with Gasteiger partial charge in [-0.3, -0.25) is 4.79 Å². The molecule has 3 aromatic rings. The number of benzene rings is 1. The Labute approximate surface area is 137 Å². The molecule has 1 amide bonds. The fraction of sp³-hybridized carbons (Fsp3) is 0.125. The topological polar surface area (TPSA) is 127 Å². The number of anilines is 1. The lowest BCUT2D eigenvalue weighted by Gasteiger charge is -2.09. The number of amides is 1. The number of para-hydroxylation sites is 1. The summed E-state index contributed by atoms with van der Waals surface area (Å²) in [6.07, 6.45) is 2.90. The number of oxazole rings is 1. The average Bonchev–Trinajstić information content (AvgIpc) is 3.10. The van der Waals surface area contributed by atoms with E-state index in [1.54, 1.807) is 31.2 Å². The van der Waals surface area contributed by atoms with Gasteiger partial charge in [-0.15, -0.1) is 0 Å². The lowest BCUT2D eigenvalue weighted by molar-refractivity contribution is 0.0946. The summed E-state index contributed by atoms with van der Waals surface area (Å²) in [6.45, 7) is 1.83. The number of nitrogens with one attached hydrogen (secondary N) is 1. The van der Waals surface area contributed by atoms with Crippen LogP contribution in [0.15, 0.2) is 41.1 Å². The van der Waals surface area contributed by atoms with Gasteiger partial charge in [0.25, 0.3) is 5.91 Å². The first kappa shape index (κ1) is 15.5. The maximum Gasteiger partial charge on any atom is 0.274 e. The maximum absolute atomic E-state index is 12.3. The Morgan fingerprint density at radius 2 is 2.12 bits per heavy atom. The van der Waals surface area contributed by atoms with E-state index in [9.17, 15) is 9.90 Å². The Morgan fingerprint density at radius 1 is 1.33 bits per heavy atom. The summed E-state index contributed by atoms with van der Waals surface area (Å²) in [5, 5.41) is 12.4. The van der Waals surface area contributed by atoms with E-state index in [0.29, 0.717) is 17.0 Å². The Kier molecular flexibility index (Phi) is 4.11. The zero-order chi connectivity index (χ0) is 17.1. The van der Waals surface area contributed by atoms with E-state index in [1.165, 1.54) is 12.5 Å². The molecule has 122 valence electrons. The highest BCUT2D eigenvalue weighted by molar-refractivity contribution is 5.96. The van der Waals surface area contributed by atoms with E-state index in [0.717, 1.165) is 0 Å². The molecule has 1 aromatic carbocycles. The van der Waals surface area contributed by atoms with E-state index < -0.39 is 5.91 Å². The zero-order valence-corrected chi connectivity index (χ0v) is 12.9. The van der Waals surface area contributed by atoms with Gasteiger partial charge in [-0.1, -0.05) is 18.2 Å². The third kappa shape index (κ3) is 3.02. The van der Waals surface area contributed by atoms with E-state index in [1.807, 2.05) is 0 Å². The first-order valence-electron chi connectivity index (χ1n) is 7.15. The van der Waals surface area contributed by atoms with Crippen molar-refractivity contribution in [1.82, 2.24) is 20.3 Å². The predicted molar refractivity (Wildman–Crippen MR) is 86.0 cm³/mol. The van der Waals surface area contributed by atoms with Gasteiger partial charge in [0, 0.05) is 12.1 Å². The van der Waals surface area contributed by atoms with E-state index in [-0.39, 0.29) is 29.7 Å². The first-order chi connectivity index (χ1) is 11.6. The standard InChI is InChI=1S/C16H15N5O3/c1-9-12(16-18-6-7-24-16)21-14(17)13(20-9)15(23)19-8-10-4-2-3-5-11(10)22/h2-7,22H,8H2,1H3,(H2,17,21)(H,19,23). The molecule has 24 heavy (non-hydrogen) atoms. The molecule has 0 saturated heterocycles. The van der Waals surface area contributed by atoms with Crippen molar-refractivity contribution in [3.63, 3.8) is 0 Å². The van der Waals surface area contributed by atoms with Crippen LogP contribution in [0.5, 0.6) is 5.75 Å². The fourth-order valence-corrected chi connectivity index (χ4v) is 2.16. The first-order valence-corrected chi connectivity index (χ1v) is 7.15. The van der Waals surface area contributed by atoms with Gasteiger partial charge < -0.3 is 20.6 Å². The van der Waals surface area contributed by atoms with Crippen molar-refractivity contribution in [3.05, 3.63) is 53.7 Å². The second-order valence-electron chi connectivity index (χ2n) is 5.04. The van der Waals surface area contributed by atoms with Crippen LogP contribution in [0.2, 0.25) is 0 Å². The second kappa shape index (κ2) is 6.37. The number of phenolic OH excluding ortho intramolecular Hbond substituents is 1. The number of phenols is 1. The number of nitrogens with zero attached hydrogens (tertiary/aromatic N) is 3. The SMILES string of the molecule is Cc1nc(C(=O)NCc2ccccc2O)c(N)nc1-c1ncco1.